The first-order valence-corrected chi connectivity index (χ1v) is 6.14. The van der Waals surface area contributed by atoms with E-state index in [0.717, 1.165) is 5.56 Å². The number of anilines is 1. The molecule has 0 saturated carbocycles. The zero-order valence-electron chi connectivity index (χ0n) is 11.3. The molecule has 1 N–H and O–H groups in total. The van der Waals surface area contributed by atoms with Crippen LogP contribution in [0.1, 0.15) is 24.1 Å². The third-order valence-electron chi connectivity index (χ3n) is 2.99. The molecule has 0 bridgehead atoms. The van der Waals surface area contributed by atoms with Gasteiger partial charge in [-0.1, -0.05) is 18.2 Å². The molecule has 2 rings (SSSR count). The third-order valence-corrected chi connectivity index (χ3v) is 2.99. The number of aromatic nitrogens is 1. The molecule has 4 heteroatoms. The van der Waals surface area contributed by atoms with Gasteiger partial charge in [0.15, 0.2) is 0 Å². The summed E-state index contributed by atoms with van der Waals surface area (Å²) in [4.78, 5) is 4.27. The number of halogens is 1. The number of benzene rings is 1. The van der Waals surface area contributed by atoms with Crippen LogP contribution in [0.3, 0.4) is 0 Å². The molecule has 0 aliphatic carbocycles. The molecule has 100 valence electrons. The Morgan fingerprint density at radius 1 is 1.26 bits per heavy atom. The van der Waals surface area contributed by atoms with E-state index in [1.807, 2.05) is 25.1 Å². The van der Waals surface area contributed by atoms with E-state index < -0.39 is 0 Å². The van der Waals surface area contributed by atoms with E-state index in [1.165, 1.54) is 0 Å². The SMILES string of the molecule is COc1cccc(NC(C)c2ccc(C)c(F)c2)n1. The molecule has 1 unspecified atom stereocenters. The van der Waals surface area contributed by atoms with E-state index in [4.69, 9.17) is 4.74 Å². The van der Waals surface area contributed by atoms with Crippen molar-refractivity contribution in [2.24, 2.45) is 0 Å². The van der Waals surface area contributed by atoms with Crippen molar-refractivity contribution in [3.8, 4) is 5.88 Å². The number of ether oxygens (including phenoxy) is 1. The first kappa shape index (κ1) is 13.3. The lowest BCUT2D eigenvalue weighted by molar-refractivity contribution is 0.398. The summed E-state index contributed by atoms with van der Waals surface area (Å²) in [6, 6.07) is 10.7. The molecule has 3 nitrogen and oxygen atoms in total. The van der Waals surface area contributed by atoms with E-state index in [0.29, 0.717) is 17.3 Å². The van der Waals surface area contributed by atoms with Crippen molar-refractivity contribution in [1.29, 1.82) is 0 Å². The third kappa shape index (κ3) is 3.22. The van der Waals surface area contributed by atoms with Crippen LogP contribution < -0.4 is 10.1 Å². The highest BCUT2D eigenvalue weighted by atomic mass is 19.1. The Morgan fingerprint density at radius 3 is 2.74 bits per heavy atom. The van der Waals surface area contributed by atoms with Crippen LogP contribution in [-0.2, 0) is 0 Å². The van der Waals surface area contributed by atoms with Crippen LogP contribution in [-0.4, -0.2) is 12.1 Å². The summed E-state index contributed by atoms with van der Waals surface area (Å²) in [5.74, 6) is 1.06. The number of hydrogen-bond donors (Lipinski definition) is 1. The molecule has 1 aromatic carbocycles. The van der Waals surface area contributed by atoms with Gasteiger partial charge in [0.2, 0.25) is 5.88 Å². The standard InChI is InChI=1S/C15H17FN2O/c1-10-7-8-12(9-13(10)16)11(2)17-14-5-4-6-15(18-14)19-3/h4-9,11H,1-3H3,(H,17,18). The highest BCUT2D eigenvalue weighted by molar-refractivity contribution is 5.40. The second kappa shape index (κ2) is 5.69. The van der Waals surface area contributed by atoms with E-state index in [2.05, 4.69) is 10.3 Å². The summed E-state index contributed by atoms with van der Waals surface area (Å²) >= 11 is 0. The Labute approximate surface area is 112 Å². The van der Waals surface area contributed by atoms with Gasteiger partial charge in [-0.2, -0.15) is 4.98 Å². The van der Waals surface area contributed by atoms with Crippen LogP contribution in [0.15, 0.2) is 36.4 Å². The van der Waals surface area contributed by atoms with E-state index in [9.17, 15) is 4.39 Å². The second-order valence-corrected chi connectivity index (χ2v) is 4.44. The lowest BCUT2D eigenvalue weighted by Crippen LogP contribution is -2.08. The van der Waals surface area contributed by atoms with Gasteiger partial charge in [0.05, 0.1) is 13.2 Å². The average molecular weight is 260 g/mol. The number of aryl methyl sites for hydroxylation is 1. The fraction of sp³-hybridized carbons (Fsp3) is 0.267. The predicted octanol–water partition coefficient (Wildman–Crippen LogP) is 3.71. The highest BCUT2D eigenvalue weighted by Crippen LogP contribution is 2.21. The van der Waals surface area contributed by atoms with Crippen molar-refractivity contribution in [3.63, 3.8) is 0 Å². The smallest absolute Gasteiger partial charge is 0.214 e. The van der Waals surface area contributed by atoms with Gasteiger partial charge >= 0.3 is 0 Å². The fourth-order valence-electron chi connectivity index (χ4n) is 1.79. The minimum Gasteiger partial charge on any atom is -0.481 e. The average Bonchev–Trinajstić information content (AvgIpc) is 2.42. The summed E-state index contributed by atoms with van der Waals surface area (Å²) in [7, 11) is 1.57. The van der Waals surface area contributed by atoms with Crippen LogP contribution in [0.5, 0.6) is 5.88 Å². The Balaban J connectivity index is 2.15. The van der Waals surface area contributed by atoms with E-state index in [1.54, 1.807) is 32.2 Å². The number of pyridine rings is 1. The van der Waals surface area contributed by atoms with Gasteiger partial charge in [0.25, 0.3) is 0 Å². The van der Waals surface area contributed by atoms with Crippen LogP contribution in [0.2, 0.25) is 0 Å². The molecule has 0 aliphatic heterocycles. The maximum Gasteiger partial charge on any atom is 0.214 e. The van der Waals surface area contributed by atoms with Gasteiger partial charge in [-0.05, 0) is 37.1 Å². The quantitative estimate of drug-likeness (QED) is 0.910. The fourth-order valence-corrected chi connectivity index (χ4v) is 1.79. The number of hydrogen-bond acceptors (Lipinski definition) is 3. The topological polar surface area (TPSA) is 34.1 Å². The predicted molar refractivity (Wildman–Crippen MR) is 74.0 cm³/mol. The Bertz CT molecular complexity index is 572. The van der Waals surface area contributed by atoms with Crippen molar-refractivity contribution < 1.29 is 9.13 Å². The zero-order chi connectivity index (χ0) is 13.8. The number of methoxy groups -OCH3 is 1. The van der Waals surface area contributed by atoms with Gasteiger partial charge in [0.1, 0.15) is 11.6 Å². The molecule has 1 heterocycles. The molecule has 0 spiro atoms. The molecule has 1 atom stereocenters. The first-order valence-electron chi connectivity index (χ1n) is 6.14. The second-order valence-electron chi connectivity index (χ2n) is 4.44. The molecule has 0 fully saturated rings. The van der Waals surface area contributed by atoms with Gasteiger partial charge < -0.3 is 10.1 Å². The van der Waals surface area contributed by atoms with Crippen LogP contribution in [0, 0.1) is 12.7 Å². The molecule has 2 aromatic rings. The Hall–Kier alpha value is -2.10. The molecular formula is C15H17FN2O. The molecule has 0 amide bonds. The summed E-state index contributed by atoms with van der Waals surface area (Å²) in [6.45, 7) is 3.71. The lowest BCUT2D eigenvalue weighted by atomic mass is 10.1. The minimum absolute atomic E-state index is 0.0327. The lowest BCUT2D eigenvalue weighted by Gasteiger charge is -2.16. The maximum atomic E-state index is 13.5. The largest absolute Gasteiger partial charge is 0.481 e. The minimum atomic E-state index is -0.190. The summed E-state index contributed by atoms with van der Waals surface area (Å²) in [5, 5.41) is 3.22. The van der Waals surface area contributed by atoms with Crippen molar-refractivity contribution in [3.05, 3.63) is 53.3 Å². The van der Waals surface area contributed by atoms with Crippen LogP contribution >= 0.6 is 0 Å². The zero-order valence-corrected chi connectivity index (χ0v) is 11.3. The van der Waals surface area contributed by atoms with Gasteiger partial charge in [-0.3, -0.25) is 0 Å². The number of nitrogens with zero attached hydrogens (tertiary/aromatic N) is 1. The molecule has 1 aromatic heterocycles. The normalized spacial score (nSPS) is 12.0. The van der Waals surface area contributed by atoms with Crippen molar-refractivity contribution in [2.75, 3.05) is 12.4 Å². The summed E-state index contributed by atoms with van der Waals surface area (Å²) in [6.07, 6.45) is 0. The molecular weight excluding hydrogens is 243 g/mol. The van der Waals surface area contributed by atoms with Crippen molar-refractivity contribution in [1.82, 2.24) is 4.98 Å². The highest BCUT2D eigenvalue weighted by Gasteiger charge is 2.08. The molecule has 0 aliphatic rings. The molecule has 0 saturated heterocycles. The van der Waals surface area contributed by atoms with Gasteiger partial charge in [-0.25, -0.2) is 4.39 Å². The summed E-state index contributed by atoms with van der Waals surface area (Å²) in [5.41, 5.74) is 1.53. The molecule has 0 radical (unpaired) electrons. The maximum absolute atomic E-state index is 13.5. The van der Waals surface area contributed by atoms with E-state index in [-0.39, 0.29) is 11.9 Å². The monoisotopic (exact) mass is 260 g/mol. The Kier molecular flexibility index (Phi) is 4.00. The van der Waals surface area contributed by atoms with Crippen molar-refractivity contribution >= 4 is 5.82 Å². The first-order chi connectivity index (χ1) is 9.10. The number of rotatable bonds is 4. The Morgan fingerprint density at radius 2 is 2.05 bits per heavy atom. The van der Waals surface area contributed by atoms with Crippen molar-refractivity contribution in [2.45, 2.75) is 19.9 Å². The van der Waals surface area contributed by atoms with Crippen LogP contribution in [0.4, 0.5) is 10.2 Å². The van der Waals surface area contributed by atoms with Gasteiger partial charge in [-0.15, -0.1) is 0 Å². The molecule has 19 heavy (non-hydrogen) atoms. The summed E-state index contributed by atoms with van der Waals surface area (Å²) < 4.78 is 18.6. The van der Waals surface area contributed by atoms with Crippen LogP contribution in [0.25, 0.3) is 0 Å². The number of nitrogens with one attached hydrogen (secondary N) is 1. The van der Waals surface area contributed by atoms with E-state index >= 15 is 0 Å². The van der Waals surface area contributed by atoms with Gasteiger partial charge in [0, 0.05) is 6.07 Å².